The zero-order valence-electron chi connectivity index (χ0n) is 18.5. The fraction of sp³-hybridized carbons (Fsp3) is 0.0714. The molecule has 0 bridgehead atoms. The summed E-state index contributed by atoms with van der Waals surface area (Å²) >= 11 is 0. The van der Waals surface area contributed by atoms with Gasteiger partial charge in [-0.15, -0.1) is 0 Å². The summed E-state index contributed by atoms with van der Waals surface area (Å²) in [7, 11) is 0. The Labute approximate surface area is 198 Å². The first-order chi connectivity index (χ1) is 16.8. The molecule has 0 unspecified atom stereocenters. The van der Waals surface area contributed by atoms with Crippen molar-refractivity contribution in [2.24, 2.45) is 10.2 Å². The van der Waals surface area contributed by atoms with Crippen LogP contribution in [-0.2, 0) is 0 Å². The van der Waals surface area contributed by atoms with Crippen molar-refractivity contribution in [3.63, 3.8) is 0 Å². The smallest absolute Gasteiger partial charge is 0.267 e. The minimum Gasteiger partial charge on any atom is -0.267 e. The summed E-state index contributed by atoms with van der Waals surface area (Å²) in [6.45, 7) is 0. The molecule has 0 saturated heterocycles. The van der Waals surface area contributed by atoms with Crippen molar-refractivity contribution in [2.45, 2.75) is 12.5 Å². The average molecular weight is 446 g/mol. The lowest BCUT2D eigenvalue weighted by molar-refractivity contribution is 0.0955. The molecule has 0 spiro atoms. The van der Waals surface area contributed by atoms with Crippen LogP contribution in [-0.4, -0.2) is 22.8 Å². The van der Waals surface area contributed by atoms with Crippen molar-refractivity contribution in [3.8, 4) is 0 Å². The van der Waals surface area contributed by atoms with Crippen LogP contribution >= 0.6 is 0 Å². The van der Waals surface area contributed by atoms with E-state index in [0.717, 1.165) is 28.9 Å². The van der Waals surface area contributed by atoms with Gasteiger partial charge >= 0.3 is 0 Å². The third-order valence-electron chi connectivity index (χ3n) is 5.68. The Morgan fingerprint density at radius 3 is 2.26 bits per heavy atom. The molecule has 166 valence electrons. The molecule has 4 aromatic rings. The molecule has 5 rings (SSSR count). The van der Waals surface area contributed by atoms with Gasteiger partial charge in [-0.05, 0) is 41.0 Å². The Hall–Kier alpha value is -4.58. The number of nitrogens with zero attached hydrogens (tertiary/aromatic N) is 4. The van der Waals surface area contributed by atoms with E-state index in [4.69, 9.17) is 5.10 Å². The zero-order chi connectivity index (χ0) is 23.2. The van der Waals surface area contributed by atoms with Crippen molar-refractivity contribution >= 4 is 23.5 Å². The standard InChI is InChI=1S/C28H23N5O/c34-28(24-15-17-29-18-16-24)31-30-20-21-11-13-25(14-12-21)33-27(23-9-5-2-6-10-23)19-26(32-33)22-7-3-1-4-8-22/h1-18,20,27H,19H2,(H,31,34)/b30-20-/t27-/m1/s1. The predicted octanol–water partition coefficient (Wildman–Crippen LogP) is 5.20. The number of benzene rings is 3. The van der Waals surface area contributed by atoms with Crippen molar-refractivity contribution in [1.29, 1.82) is 0 Å². The number of hydrogen-bond donors (Lipinski definition) is 1. The molecule has 3 aromatic carbocycles. The highest BCUT2D eigenvalue weighted by Gasteiger charge is 2.29. The van der Waals surface area contributed by atoms with E-state index in [1.54, 1.807) is 30.7 Å². The summed E-state index contributed by atoms with van der Waals surface area (Å²) in [6, 6.07) is 32.1. The number of anilines is 1. The molecule has 0 fully saturated rings. The molecule has 0 saturated carbocycles. The van der Waals surface area contributed by atoms with Crippen LogP contribution in [0.15, 0.2) is 120 Å². The highest BCUT2D eigenvalue weighted by Crippen LogP contribution is 2.36. The fourth-order valence-corrected chi connectivity index (χ4v) is 3.93. The van der Waals surface area contributed by atoms with Crippen molar-refractivity contribution in [1.82, 2.24) is 10.4 Å². The normalized spacial score (nSPS) is 15.4. The van der Waals surface area contributed by atoms with Crippen LogP contribution in [0.4, 0.5) is 5.69 Å². The first-order valence-electron chi connectivity index (χ1n) is 11.1. The summed E-state index contributed by atoms with van der Waals surface area (Å²) in [5.41, 5.74) is 8.35. The Kier molecular flexibility index (Phi) is 6.21. The lowest BCUT2D eigenvalue weighted by Crippen LogP contribution is -2.18. The number of nitrogens with one attached hydrogen (secondary N) is 1. The molecule has 1 N–H and O–H groups in total. The van der Waals surface area contributed by atoms with Crippen LogP contribution in [0.2, 0.25) is 0 Å². The average Bonchev–Trinajstić information content (AvgIpc) is 3.36. The van der Waals surface area contributed by atoms with E-state index in [-0.39, 0.29) is 11.9 Å². The number of pyridine rings is 1. The molecule has 6 nitrogen and oxygen atoms in total. The maximum absolute atomic E-state index is 12.1. The van der Waals surface area contributed by atoms with E-state index in [2.05, 4.69) is 56.9 Å². The quantitative estimate of drug-likeness (QED) is 0.328. The van der Waals surface area contributed by atoms with Crippen LogP contribution in [0.25, 0.3) is 0 Å². The van der Waals surface area contributed by atoms with Gasteiger partial charge in [0, 0.05) is 24.4 Å². The first-order valence-corrected chi connectivity index (χ1v) is 11.1. The maximum atomic E-state index is 12.1. The van der Waals surface area contributed by atoms with Gasteiger partial charge in [-0.2, -0.15) is 10.2 Å². The minimum atomic E-state index is -0.277. The molecule has 1 aliphatic rings. The molecule has 2 heterocycles. The lowest BCUT2D eigenvalue weighted by atomic mass is 9.98. The molecule has 1 amide bonds. The molecule has 0 radical (unpaired) electrons. The SMILES string of the molecule is O=C(N/N=C\c1ccc(N2N=C(c3ccccc3)C[C@@H]2c2ccccc2)cc1)c1ccncc1. The number of hydrogen-bond acceptors (Lipinski definition) is 5. The van der Waals surface area contributed by atoms with Crippen LogP contribution in [0.5, 0.6) is 0 Å². The van der Waals surface area contributed by atoms with Crippen molar-refractivity contribution in [2.75, 3.05) is 5.01 Å². The monoisotopic (exact) mass is 445 g/mol. The molecular formula is C28H23N5O. The van der Waals surface area contributed by atoms with E-state index in [1.165, 1.54) is 5.56 Å². The van der Waals surface area contributed by atoms with Gasteiger partial charge in [-0.25, -0.2) is 5.43 Å². The Bertz CT molecular complexity index is 1300. The van der Waals surface area contributed by atoms with E-state index in [0.29, 0.717) is 5.56 Å². The lowest BCUT2D eigenvalue weighted by Gasteiger charge is -2.24. The molecular weight excluding hydrogens is 422 g/mol. The van der Waals surface area contributed by atoms with Crippen LogP contribution < -0.4 is 10.4 Å². The number of carbonyl (C=O) groups excluding carboxylic acids is 1. The van der Waals surface area contributed by atoms with Gasteiger partial charge in [-0.3, -0.25) is 14.8 Å². The Balaban J connectivity index is 1.34. The summed E-state index contributed by atoms with van der Waals surface area (Å²) < 4.78 is 0. The van der Waals surface area contributed by atoms with Crippen molar-refractivity contribution < 1.29 is 4.79 Å². The zero-order valence-corrected chi connectivity index (χ0v) is 18.5. The van der Waals surface area contributed by atoms with Gasteiger partial charge < -0.3 is 0 Å². The molecule has 6 heteroatoms. The van der Waals surface area contributed by atoms with Gasteiger partial charge in [0.2, 0.25) is 0 Å². The number of aromatic nitrogens is 1. The van der Waals surface area contributed by atoms with Crippen LogP contribution in [0, 0.1) is 0 Å². The second kappa shape index (κ2) is 9.92. The van der Waals surface area contributed by atoms with Crippen LogP contribution in [0.1, 0.15) is 39.5 Å². The summed E-state index contributed by atoms with van der Waals surface area (Å²) in [5, 5.41) is 11.1. The summed E-state index contributed by atoms with van der Waals surface area (Å²) in [6.07, 6.45) is 5.60. The first kappa shape index (κ1) is 21.3. The van der Waals surface area contributed by atoms with E-state index < -0.39 is 0 Å². The maximum Gasteiger partial charge on any atom is 0.271 e. The van der Waals surface area contributed by atoms with E-state index >= 15 is 0 Å². The molecule has 0 aliphatic carbocycles. The van der Waals surface area contributed by atoms with Gasteiger partial charge in [0.25, 0.3) is 5.91 Å². The Morgan fingerprint density at radius 1 is 0.882 bits per heavy atom. The molecule has 1 aliphatic heterocycles. The highest BCUT2D eigenvalue weighted by atomic mass is 16.2. The number of hydrazone groups is 2. The minimum absolute atomic E-state index is 0.121. The van der Waals surface area contributed by atoms with E-state index in [9.17, 15) is 4.79 Å². The van der Waals surface area contributed by atoms with Gasteiger partial charge in [0.15, 0.2) is 0 Å². The Morgan fingerprint density at radius 2 is 1.56 bits per heavy atom. The van der Waals surface area contributed by atoms with Crippen LogP contribution in [0.3, 0.4) is 0 Å². The summed E-state index contributed by atoms with van der Waals surface area (Å²) in [5.74, 6) is -0.277. The predicted molar refractivity (Wildman–Crippen MR) is 135 cm³/mol. The molecule has 1 atom stereocenters. The summed E-state index contributed by atoms with van der Waals surface area (Å²) in [4.78, 5) is 16.0. The number of amides is 1. The molecule has 1 aromatic heterocycles. The largest absolute Gasteiger partial charge is 0.271 e. The number of carbonyl (C=O) groups is 1. The van der Waals surface area contributed by atoms with E-state index in [1.807, 2.05) is 48.5 Å². The third-order valence-corrected chi connectivity index (χ3v) is 5.68. The third kappa shape index (κ3) is 4.76. The second-order valence-corrected chi connectivity index (χ2v) is 7.91. The topological polar surface area (TPSA) is 70.0 Å². The highest BCUT2D eigenvalue weighted by molar-refractivity contribution is 6.03. The number of rotatable bonds is 6. The second-order valence-electron chi connectivity index (χ2n) is 7.91. The fourth-order valence-electron chi connectivity index (χ4n) is 3.93. The van der Waals surface area contributed by atoms with Crippen molar-refractivity contribution in [3.05, 3.63) is 132 Å². The molecule has 34 heavy (non-hydrogen) atoms. The van der Waals surface area contributed by atoms with Gasteiger partial charge in [0.05, 0.1) is 23.7 Å². The van der Waals surface area contributed by atoms with Gasteiger partial charge in [-0.1, -0.05) is 72.8 Å². The van der Waals surface area contributed by atoms with Gasteiger partial charge in [0.1, 0.15) is 0 Å².